The largest absolute Gasteiger partial charge is 0.329 e. The summed E-state index contributed by atoms with van der Waals surface area (Å²) in [7, 11) is 0. The highest BCUT2D eigenvalue weighted by Crippen LogP contribution is 2.34. The lowest BCUT2D eigenvalue weighted by Gasteiger charge is -2.40. The fourth-order valence-corrected chi connectivity index (χ4v) is 2.68. The molecule has 1 rings (SSSR count). The lowest BCUT2D eigenvalue weighted by Crippen LogP contribution is -2.52. The van der Waals surface area contributed by atoms with Gasteiger partial charge in [-0.2, -0.15) is 0 Å². The van der Waals surface area contributed by atoms with Crippen molar-refractivity contribution in [2.75, 3.05) is 19.6 Å². The molecule has 1 aliphatic rings. The van der Waals surface area contributed by atoms with Crippen LogP contribution in [0.25, 0.3) is 0 Å². The summed E-state index contributed by atoms with van der Waals surface area (Å²) in [6, 6.07) is 0. The lowest BCUT2D eigenvalue weighted by atomic mass is 9.95. The minimum atomic E-state index is 0.366. The molecule has 13 heavy (non-hydrogen) atoms. The summed E-state index contributed by atoms with van der Waals surface area (Å²) in [6.07, 6.45) is 6.62. The van der Waals surface area contributed by atoms with Crippen LogP contribution in [0, 0.1) is 0 Å². The van der Waals surface area contributed by atoms with E-state index in [2.05, 4.69) is 18.7 Å². The van der Waals surface area contributed by atoms with E-state index in [0.29, 0.717) is 5.54 Å². The fraction of sp³-hybridized carbons (Fsp3) is 1.00. The highest BCUT2D eigenvalue weighted by molar-refractivity contribution is 4.95. The molecule has 0 atom stereocenters. The van der Waals surface area contributed by atoms with Crippen LogP contribution in [0.15, 0.2) is 0 Å². The van der Waals surface area contributed by atoms with Crippen molar-refractivity contribution in [2.24, 2.45) is 5.73 Å². The third kappa shape index (κ3) is 2.23. The third-order valence-corrected chi connectivity index (χ3v) is 3.46. The summed E-state index contributed by atoms with van der Waals surface area (Å²) in [6.45, 7) is 7.73. The normalized spacial score (nSPS) is 21.2. The number of hydrogen-bond acceptors (Lipinski definition) is 2. The van der Waals surface area contributed by atoms with Crippen LogP contribution < -0.4 is 5.73 Å². The molecule has 2 heteroatoms. The Morgan fingerprint density at radius 3 is 2.23 bits per heavy atom. The second-order valence-electron chi connectivity index (χ2n) is 4.22. The predicted octanol–water partition coefficient (Wildman–Crippen LogP) is 1.99. The smallest absolute Gasteiger partial charge is 0.0331 e. The molecule has 1 fully saturated rings. The molecule has 2 nitrogen and oxygen atoms in total. The van der Waals surface area contributed by atoms with Crippen LogP contribution in [0.3, 0.4) is 0 Å². The van der Waals surface area contributed by atoms with Crippen LogP contribution >= 0.6 is 0 Å². The summed E-state index contributed by atoms with van der Waals surface area (Å²) in [5.41, 5.74) is 6.30. The number of nitrogens with zero attached hydrogens (tertiary/aromatic N) is 1. The Bertz CT molecular complexity index is 139. The van der Waals surface area contributed by atoms with Gasteiger partial charge in [-0.15, -0.1) is 0 Å². The van der Waals surface area contributed by atoms with Crippen LogP contribution in [0.5, 0.6) is 0 Å². The van der Waals surface area contributed by atoms with E-state index < -0.39 is 0 Å². The summed E-state index contributed by atoms with van der Waals surface area (Å²) in [5, 5.41) is 0. The Hall–Kier alpha value is -0.0800. The summed E-state index contributed by atoms with van der Waals surface area (Å²) >= 11 is 0. The zero-order valence-corrected chi connectivity index (χ0v) is 9.18. The Balaban J connectivity index is 2.60. The molecular formula is C11H24N2. The molecule has 0 aromatic rings. The number of likely N-dealkylation sites (N-methyl/N-ethyl adjacent to an activating group) is 1. The first-order valence-electron chi connectivity index (χ1n) is 5.74. The van der Waals surface area contributed by atoms with Crippen LogP contribution in [0.2, 0.25) is 0 Å². The van der Waals surface area contributed by atoms with Crippen molar-refractivity contribution >= 4 is 0 Å². The van der Waals surface area contributed by atoms with E-state index in [1.165, 1.54) is 38.6 Å². The minimum absolute atomic E-state index is 0.366. The molecule has 0 spiro atoms. The lowest BCUT2D eigenvalue weighted by molar-refractivity contribution is 0.105. The molecule has 0 unspecified atom stereocenters. The molecule has 0 radical (unpaired) electrons. The molecule has 0 bridgehead atoms. The minimum Gasteiger partial charge on any atom is -0.329 e. The van der Waals surface area contributed by atoms with E-state index in [-0.39, 0.29) is 0 Å². The number of nitrogens with two attached hydrogens (primary N) is 1. The number of rotatable bonds is 5. The first kappa shape index (κ1) is 11.0. The van der Waals surface area contributed by atoms with Crippen molar-refractivity contribution in [3.8, 4) is 0 Å². The molecular weight excluding hydrogens is 160 g/mol. The Kier molecular flexibility index (Phi) is 4.20. The van der Waals surface area contributed by atoms with Gasteiger partial charge < -0.3 is 5.73 Å². The Morgan fingerprint density at radius 1 is 1.23 bits per heavy atom. The monoisotopic (exact) mass is 184 g/mol. The fourth-order valence-electron chi connectivity index (χ4n) is 2.68. The van der Waals surface area contributed by atoms with Gasteiger partial charge in [0.1, 0.15) is 0 Å². The van der Waals surface area contributed by atoms with Gasteiger partial charge in [-0.05, 0) is 32.4 Å². The Morgan fingerprint density at radius 2 is 1.85 bits per heavy atom. The van der Waals surface area contributed by atoms with E-state index in [0.717, 1.165) is 13.1 Å². The van der Waals surface area contributed by atoms with E-state index in [1.54, 1.807) is 0 Å². The SMILES string of the molecule is CCCN(CC)C1(CN)CCCC1. The van der Waals surface area contributed by atoms with Crippen LogP contribution in [0.1, 0.15) is 46.0 Å². The average molecular weight is 184 g/mol. The summed E-state index contributed by atoms with van der Waals surface area (Å²) < 4.78 is 0. The van der Waals surface area contributed by atoms with Gasteiger partial charge in [-0.1, -0.05) is 26.7 Å². The molecule has 0 aliphatic heterocycles. The Labute approximate surface area is 82.5 Å². The van der Waals surface area contributed by atoms with Gasteiger partial charge in [0.2, 0.25) is 0 Å². The maximum absolute atomic E-state index is 5.93. The molecule has 1 saturated carbocycles. The van der Waals surface area contributed by atoms with Gasteiger partial charge >= 0.3 is 0 Å². The summed E-state index contributed by atoms with van der Waals surface area (Å²) in [4.78, 5) is 2.60. The first-order chi connectivity index (χ1) is 6.29. The molecule has 0 heterocycles. The van der Waals surface area contributed by atoms with E-state index in [4.69, 9.17) is 5.73 Å². The second kappa shape index (κ2) is 4.97. The molecule has 1 aliphatic carbocycles. The van der Waals surface area contributed by atoms with Crippen molar-refractivity contribution in [2.45, 2.75) is 51.5 Å². The zero-order chi connectivity index (χ0) is 9.73. The van der Waals surface area contributed by atoms with Gasteiger partial charge in [-0.25, -0.2) is 0 Å². The molecule has 0 aromatic carbocycles. The van der Waals surface area contributed by atoms with Gasteiger partial charge in [0.05, 0.1) is 0 Å². The van der Waals surface area contributed by atoms with Gasteiger partial charge in [0, 0.05) is 12.1 Å². The van der Waals surface area contributed by atoms with Crippen molar-refractivity contribution in [1.82, 2.24) is 4.90 Å². The maximum atomic E-state index is 5.93. The molecule has 2 N–H and O–H groups in total. The number of hydrogen-bond donors (Lipinski definition) is 1. The standard InChI is InChI=1S/C11H24N2/c1-3-9-13(4-2)11(10-12)7-5-6-8-11/h3-10,12H2,1-2H3. The average Bonchev–Trinajstić information content (AvgIpc) is 2.63. The molecule has 0 aromatic heterocycles. The van der Waals surface area contributed by atoms with Crippen LogP contribution in [-0.2, 0) is 0 Å². The van der Waals surface area contributed by atoms with Gasteiger partial charge in [-0.3, -0.25) is 4.90 Å². The van der Waals surface area contributed by atoms with Crippen molar-refractivity contribution in [1.29, 1.82) is 0 Å². The van der Waals surface area contributed by atoms with Crippen molar-refractivity contribution in [3.63, 3.8) is 0 Å². The van der Waals surface area contributed by atoms with E-state index in [9.17, 15) is 0 Å². The molecule has 0 amide bonds. The molecule has 0 saturated heterocycles. The van der Waals surface area contributed by atoms with E-state index in [1.807, 2.05) is 0 Å². The van der Waals surface area contributed by atoms with Gasteiger partial charge in [0.25, 0.3) is 0 Å². The predicted molar refractivity (Wildman–Crippen MR) is 57.8 cm³/mol. The third-order valence-electron chi connectivity index (χ3n) is 3.46. The highest BCUT2D eigenvalue weighted by atomic mass is 15.2. The highest BCUT2D eigenvalue weighted by Gasteiger charge is 2.36. The maximum Gasteiger partial charge on any atom is 0.0331 e. The van der Waals surface area contributed by atoms with Crippen LogP contribution in [0.4, 0.5) is 0 Å². The van der Waals surface area contributed by atoms with Crippen LogP contribution in [-0.4, -0.2) is 30.1 Å². The van der Waals surface area contributed by atoms with Crippen molar-refractivity contribution in [3.05, 3.63) is 0 Å². The first-order valence-corrected chi connectivity index (χ1v) is 5.74. The zero-order valence-electron chi connectivity index (χ0n) is 9.18. The topological polar surface area (TPSA) is 29.3 Å². The molecule has 78 valence electrons. The van der Waals surface area contributed by atoms with E-state index >= 15 is 0 Å². The van der Waals surface area contributed by atoms with Crippen molar-refractivity contribution < 1.29 is 0 Å². The second-order valence-corrected chi connectivity index (χ2v) is 4.22. The summed E-state index contributed by atoms with van der Waals surface area (Å²) in [5.74, 6) is 0. The quantitative estimate of drug-likeness (QED) is 0.708. The van der Waals surface area contributed by atoms with Gasteiger partial charge in [0.15, 0.2) is 0 Å².